The van der Waals surface area contributed by atoms with Gasteiger partial charge in [-0.2, -0.15) is 0 Å². The van der Waals surface area contributed by atoms with Gasteiger partial charge in [0.2, 0.25) is 0 Å². The first kappa shape index (κ1) is 11.5. The summed E-state index contributed by atoms with van der Waals surface area (Å²) in [5.41, 5.74) is -0.384. The van der Waals surface area contributed by atoms with E-state index in [1.54, 1.807) is 0 Å². The zero-order valence-electron chi connectivity index (χ0n) is 9.59. The fourth-order valence-corrected chi connectivity index (χ4v) is 1.48. The zero-order valence-corrected chi connectivity index (χ0v) is 9.59. The summed E-state index contributed by atoms with van der Waals surface area (Å²) in [6.07, 6.45) is 1.03. The minimum Gasteiger partial charge on any atom is -0.462 e. The number of carbonyl (C=O) groups excluding carboxylic acids is 1. The van der Waals surface area contributed by atoms with Gasteiger partial charge < -0.3 is 10.1 Å². The molecule has 0 bridgehead atoms. The lowest BCUT2D eigenvalue weighted by molar-refractivity contribution is -0.162. The van der Waals surface area contributed by atoms with Crippen LogP contribution < -0.4 is 5.32 Å². The van der Waals surface area contributed by atoms with Gasteiger partial charge in [0.05, 0.1) is 5.41 Å². The van der Waals surface area contributed by atoms with Crippen LogP contribution in [0.4, 0.5) is 0 Å². The number of hydrogen-bond acceptors (Lipinski definition) is 3. The molecule has 1 rings (SSSR count). The monoisotopic (exact) mass is 199 g/mol. The molecule has 1 N–H and O–H groups in total. The maximum Gasteiger partial charge on any atom is 0.311 e. The Morgan fingerprint density at radius 2 is 2.07 bits per heavy atom. The summed E-state index contributed by atoms with van der Waals surface area (Å²) in [5, 5.41) is 3.29. The summed E-state index contributed by atoms with van der Waals surface area (Å²) in [7, 11) is 0. The van der Waals surface area contributed by atoms with Crippen molar-refractivity contribution >= 4 is 5.97 Å². The molecule has 3 heteroatoms. The second-order valence-corrected chi connectivity index (χ2v) is 5.16. The van der Waals surface area contributed by atoms with Crippen LogP contribution in [0.3, 0.4) is 0 Å². The highest BCUT2D eigenvalue weighted by Gasteiger charge is 2.30. The number of hydrogen-bond donors (Lipinski definition) is 1. The first-order valence-corrected chi connectivity index (χ1v) is 5.33. The molecule has 0 unspecified atom stereocenters. The van der Waals surface area contributed by atoms with E-state index < -0.39 is 0 Å². The third-order valence-corrected chi connectivity index (χ3v) is 2.58. The number of piperidine rings is 1. The van der Waals surface area contributed by atoms with Crippen molar-refractivity contribution in [2.75, 3.05) is 13.1 Å². The lowest BCUT2D eigenvalue weighted by Gasteiger charge is -2.31. The van der Waals surface area contributed by atoms with Gasteiger partial charge in [-0.1, -0.05) is 6.92 Å². The van der Waals surface area contributed by atoms with Gasteiger partial charge in [0.1, 0.15) is 6.10 Å². The normalized spacial score (nSPS) is 28.6. The van der Waals surface area contributed by atoms with Crippen molar-refractivity contribution in [2.24, 2.45) is 11.3 Å². The molecule has 0 aromatic carbocycles. The summed E-state index contributed by atoms with van der Waals surface area (Å²) >= 11 is 0. The molecule has 0 aliphatic carbocycles. The minimum atomic E-state index is -0.384. The molecule has 14 heavy (non-hydrogen) atoms. The lowest BCUT2D eigenvalue weighted by atomic mass is 9.95. The Morgan fingerprint density at radius 1 is 1.43 bits per heavy atom. The van der Waals surface area contributed by atoms with E-state index in [0.717, 1.165) is 19.5 Å². The molecule has 3 nitrogen and oxygen atoms in total. The first-order chi connectivity index (χ1) is 6.41. The Kier molecular flexibility index (Phi) is 3.53. The SMILES string of the molecule is C[C@H]1CNCC[C@H]1OC(=O)C(C)(C)C. The predicted molar refractivity (Wildman–Crippen MR) is 56.0 cm³/mol. The topological polar surface area (TPSA) is 38.3 Å². The highest BCUT2D eigenvalue weighted by atomic mass is 16.5. The Hall–Kier alpha value is -0.570. The van der Waals surface area contributed by atoms with E-state index in [0.29, 0.717) is 5.92 Å². The van der Waals surface area contributed by atoms with Crippen molar-refractivity contribution in [1.82, 2.24) is 5.32 Å². The minimum absolute atomic E-state index is 0.0868. The van der Waals surface area contributed by atoms with Crippen LogP contribution >= 0.6 is 0 Å². The Labute approximate surface area is 86.2 Å². The van der Waals surface area contributed by atoms with E-state index in [2.05, 4.69) is 12.2 Å². The van der Waals surface area contributed by atoms with E-state index in [9.17, 15) is 4.79 Å². The van der Waals surface area contributed by atoms with Crippen molar-refractivity contribution in [3.63, 3.8) is 0 Å². The van der Waals surface area contributed by atoms with E-state index in [1.807, 2.05) is 20.8 Å². The summed E-state index contributed by atoms with van der Waals surface area (Å²) in [6, 6.07) is 0. The smallest absolute Gasteiger partial charge is 0.311 e. The molecule has 0 aromatic rings. The third kappa shape index (κ3) is 2.98. The van der Waals surface area contributed by atoms with Crippen LogP contribution in [-0.4, -0.2) is 25.2 Å². The molecular formula is C11H21NO2. The van der Waals surface area contributed by atoms with Crippen molar-refractivity contribution in [1.29, 1.82) is 0 Å². The highest BCUT2D eigenvalue weighted by Crippen LogP contribution is 2.21. The standard InChI is InChI=1S/C11H21NO2/c1-8-7-12-6-5-9(8)14-10(13)11(2,3)4/h8-9,12H,5-7H2,1-4H3/t8-,9+/m0/s1. The summed E-state index contributed by atoms with van der Waals surface area (Å²) in [4.78, 5) is 11.6. The zero-order chi connectivity index (χ0) is 10.8. The highest BCUT2D eigenvalue weighted by molar-refractivity contribution is 5.75. The second kappa shape index (κ2) is 4.30. The van der Waals surface area contributed by atoms with Gasteiger partial charge in [0.15, 0.2) is 0 Å². The number of carbonyl (C=O) groups is 1. The first-order valence-electron chi connectivity index (χ1n) is 5.33. The molecule has 0 aromatic heterocycles. The molecule has 0 radical (unpaired) electrons. The Bertz CT molecular complexity index is 208. The molecule has 82 valence electrons. The maximum absolute atomic E-state index is 11.6. The van der Waals surface area contributed by atoms with Crippen LogP contribution in [0.1, 0.15) is 34.1 Å². The van der Waals surface area contributed by atoms with Crippen LogP contribution in [0.2, 0.25) is 0 Å². The maximum atomic E-state index is 11.6. The van der Waals surface area contributed by atoms with Gasteiger partial charge in [0, 0.05) is 12.5 Å². The largest absolute Gasteiger partial charge is 0.462 e. The van der Waals surface area contributed by atoms with Gasteiger partial charge in [-0.25, -0.2) is 0 Å². The van der Waals surface area contributed by atoms with Gasteiger partial charge in [-0.3, -0.25) is 4.79 Å². The van der Waals surface area contributed by atoms with Crippen LogP contribution in [0, 0.1) is 11.3 Å². The molecule has 2 atom stereocenters. The van der Waals surface area contributed by atoms with E-state index in [1.165, 1.54) is 0 Å². The molecule has 1 fully saturated rings. The number of ether oxygens (including phenoxy) is 1. The quantitative estimate of drug-likeness (QED) is 0.651. The van der Waals surface area contributed by atoms with Crippen LogP contribution in [0.25, 0.3) is 0 Å². The number of rotatable bonds is 1. The molecule has 0 amide bonds. The van der Waals surface area contributed by atoms with Crippen molar-refractivity contribution in [2.45, 2.75) is 40.2 Å². The number of esters is 1. The van der Waals surface area contributed by atoms with E-state index >= 15 is 0 Å². The lowest BCUT2D eigenvalue weighted by Crippen LogP contribution is -2.42. The van der Waals surface area contributed by atoms with Gasteiger partial charge >= 0.3 is 5.97 Å². The van der Waals surface area contributed by atoms with Gasteiger partial charge in [0.25, 0.3) is 0 Å². The molecule has 1 saturated heterocycles. The Morgan fingerprint density at radius 3 is 2.57 bits per heavy atom. The molecule has 0 saturated carbocycles. The molecule has 0 spiro atoms. The average molecular weight is 199 g/mol. The fourth-order valence-electron chi connectivity index (χ4n) is 1.48. The van der Waals surface area contributed by atoms with Crippen LogP contribution in [-0.2, 0) is 9.53 Å². The van der Waals surface area contributed by atoms with Crippen molar-refractivity contribution in [3.05, 3.63) is 0 Å². The average Bonchev–Trinajstić information content (AvgIpc) is 2.07. The molecule has 1 aliphatic rings. The predicted octanol–water partition coefficient (Wildman–Crippen LogP) is 1.57. The van der Waals surface area contributed by atoms with E-state index in [4.69, 9.17) is 4.74 Å². The summed E-state index contributed by atoms with van der Waals surface area (Å²) < 4.78 is 5.49. The summed E-state index contributed by atoms with van der Waals surface area (Å²) in [6.45, 7) is 9.69. The molecule has 1 heterocycles. The van der Waals surface area contributed by atoms with Crippen molar-refractivity contribution < 1.29 is 9.53 Å². The second-order valence-electron chi connectivity index (χ2n) is 5.16. The summed E-state index contributed by atoms with van der Waals surface area (Å²) in [5.74, 6) is 0.339. The molecular weight excluding hydrogens is 178 g/mol. The van der Waals surface area contributed by atoms with Gasteiger partial charge in [-0.15, -0.1) is 0 Å². The van der Waals surface area contributed by atoms with E-state index in [-0.39, 0.29) is 17.5 Å². The van der Waals surface area contributed by atoms with Crippen LogP contribution in [0.15, 0.2) is 0 Å². The molecule has 1 aliphatic heterocycles. The van der Waals surface area contributed by atoms with Crippen LogP contribution in [0.5, 0.6) is 0 Å². The van der Waals surface area contributed by atoms with Crippen molar-refractivity contribution in [3.8, 4) is 0 Å². The van der Waals surface area contributed by atoms with Gasteiger partial charge in [-0.05, 0) is 33.7 Å². The number of nitrogens with one attached hydrogen (secondary N) is 1. The third-order valence-electron chi connectivity index (χ3n) is 2.58. The fraction of sp³-hybridized carbons (Fsp3) is 0.909. The Balaban J connectivity index is 2.46.